The zero-order valence-corrected chi connectivity index (χ0v) is 20.3. The third kappa shape index (κ3) is 4.91. The smallest absolute Gasteiger partial charge is 0.337 e. The van der Waals surface area contributed by atoms with Crippen molar-refractivity contribution >= 4 is 63.8 Å². The maximum Gasteiger partial charge on any atom is 0.337 e. The van der Waals surface area contributed by atoms with E-state index < -0.39 is 17.8 Å². The maximum atomic E-state index is 12.8. The highest BCUT2D eigenvalue weighted by Crippen LogP contribution is 2.33. The number of methoxy groups -OCH3 is 1. The number of nitrogens with zero attached hydrogens (tertiary/aromatic N) is 1. The third-order valence-electron chi connectivity index (χ3n) is 4.87. The molecule has 2 amide bonds. The second-order valence-corrected chi connectivity index (χ2v) is 9.30. The number of amides is 2. The van der Waals surface area contributed by atoms with Crippen molar-refractivity contribution in [3.8, 4) is 11.3 Å². The Bertz CT molecular complexity index is 1350. The summed E-state index contributed by atoms with van der Waals surface area (Å²) in [5.74, 6) is -0.462. The number of nitrogens with one attached hydrogen (secondary N) is 1. The van der Waals surface area contributed by atoms with Gasteiger partial charge in [0, 0.05) is 11.6 Å². The van der Waals surface area contributed by atoms with Gasteiger partial charge in [0.2, 0.25) is 0 Å². The van der Waals surface area contributed by atoms with Gasteiger partial charge in [-0.2, -0.15) is 5.01 Å². The fraction of sp³-hybridized carbons (Fsp3) is 0.0833. The SMILES string of the molecule is COC(=O)c1ccc(-c2ccc(/C=C3/SC(=S)N(NC(=O)c4ccc(C)cc4Cl)C3=O)o2)cc1. The van der Waals surface area contributed by atoms with Crippen molar-refractivity contribution in [2.75, 3.05) is 7.11 Å². The summed E-state index contributed by atoms with van der Waals surface area (Å²) < 4.78 is 10.7. The Morgan fingerprint density at radius 3 is 2.56 bits per heavy atom. The number of furan rings is 1. The first kappa shape index (κ1) is 23.7. The zero-order valence-electron chi connectivity index (χ0n) is 18.0. The van der Waals surface area contributed by atoms with Crippen molar-refractivity contribution in [3.05, 3.63) is 87.0 Å². The van der Waals surface area contributed by atoms with Crippen LogP contribution in [0.25, 0.3) is 17.4 Å². The summed E-state index contributed by atoms with van der Waals surface area (Å²) in [5.41, 5.74) is 4.83. The topological polar surface area (TPSA) is 88.9 Å². The summed E-state index contributed by atoms with van der Waals surface area (Å²) in [5, 5.41) is 1.29. The average molecular weight is 513 g/mol. The van der Waals surface area contributed by atoms with Crippen LogP contribution in [0.1, 0.15) is 32.0 Å². The molecule has 34 heavy (non-hydrogen) atoms. The molecule has 1 fully saturated rings. The van der Waals surface area contributed by atoms with E-state index in [1.165, 1.54) is 7.11 Å². The van der Waals surface area contributed by atoms with Gasteiger partial charge in [0.25, 0.3) is 11.8 Å². The lowest BCUT2D eigenvalue weighted by Crippen LogP contribution is -2.44. The first-order chi connectivity index (χ1) is 16.3. The van der Waals surface area contributed by atoms with Gasteiger partial charge in [0.1, 0.15) is 11.5 Å². The number of thioether (sulfide) groups is 1. The number of hydrazine groups is 1. The Labute approximate surface area is 209 Å². The van der Waals surface area contributed by atoms with E-state index in [2.05, 4.69) is 5.43 Å². The summed E-state index contributed by atoms with van der Waals surface area (Å²) >= 11 is 12.5. The molecule has 172 valence electrons. The molecule has 0 saturated carbocycles. The molecule has 4 rings (SSSR count). The Balaban J connectivity index is 1.49. The highest BCUT2D eigenvalue weighted by molar-refractivity contribution is 8.26. The summed E-state index contributed by atoms with van der Waals surface area (Å²) in [7, 11) is 1.32. The molecular formula is C24H17ClN2O5S2. The molecule has 10 heteroatoms. The average Bonchev–Trinajstić information content (AvgIpc) is 3.39. The number of ether oxygens (including phenoxy) is 1. The first-order valence-corrected chi connectivity index (χ1v) is 11.5. The molecule has 0 atom stereocenters. The van der Waals surface area contributed by atoms with Gasteiger partial charge in [-0.15, -0.1) is 0 Å². The Hall–Kier alpha value is -3.40. The van der Waals surface area contributed by atoms with Crippen LogP contribution < -0.4 is 5.43 Å². The van der Waals surface area contributed by atoms with E-state index in [0.29, 0.717) is 22.0 Å². The number of rotatable bonds is 5. The molecule has 2 aromatic carbocycles. The van der Waals surface area contributed by atoms with Gasteiger partial charge < -0.3 is 9.15 Å². The van der Waals surface area contributed by atoms with Crippen LogP contribution in [0.5, 0.6) is 0 Å². The van der Waals surface area contributed by atoms with Crippen LogP contribution in [0.15, 0.2) is 63.9 Å². The molecule has 1 N–H and O–H groups in total. The van der Waals surface area contributed by atoms with Crippen molar-refractivity contribution < 1.29 is 23.5 Å². The van der Waals surface area contributed by atoms with Gasteiger partial charge in [-0.05, 0) is 61.1 Å². The van der Waals surface area contributed by atoms with Gasteiger partial charge in [-0.3, -0.25) is 15.0 Å². The van der Waals surface area contributed by atoms with E-state index in [9.17, 15) is 14.4 Å². The number of carbonyl (C=O) groups excluding carboxylic acids is 3. The maximum absolute atomic E-state index is 12.8. The van der Waals surface area contributed by atoms with Gasteiger partial charge in [-0.25, -0.2) is 4.79 Å². The predicted molar refractivity (Wildman–Crippen MR) is 134 cm³/mol. The zero-order chi connectivity index (χ0) is 24.4. The van der Waals surface area contributed by atoms with Crippen LogP contribution in [0.3, 0.4) is 0 Å². The number of halogens is 1. The highest BCUT2D eigenvalue weighted by Gasteiger charge is 2.34. The largest absolute Gasteiger partial charge is 0.465 e. The van der Waals surface area contributed by atoms with E-state index in [0.717, 1.165) is 27.9 Å². The molecule has 3 aromatic rings. The predicted octanol–water partition coefficient (Wildman–Crippen LogP) is 5.24. The number of hydrogen-bond donors (Lipinski definition) is 1. The molecule has 7 nitrogen and oxygen atoms in total. The Kier molecular flexibility index (Phi) is 6.87. The normalized spacial score (nSPS) is 14.6. The lowest BCUT2D eigenvalue weighted by molar-refractivity contribution is -0.123. The van der Waals surface area contributed by atoms with Crippen molar-refractivity contribution in [2.45, 2.75) is 6.92 Å². The van der Waals surface area contributed by atoms with Gasteiger partial charge in [-0.1, -0.05) is 41.6 Å². The first-order valence-electron chi connectivity index (χ1n) is 9.90. The number of thiocarbonyl (C=S) groups is 1. The van der Waals surface area contributed by atoms with Crippen LogP contribution in [0, 0.1) is 6.92 Å². The van der Waals surface area contributed by atoms with Gasteiger partial charge in [0.05, 0.1) is 28.2 Å². The molecule has 0 aliphatic carbocycles. The van der Waals surface area contributed by atoms with E-state index >= 15 is 0 Å². The lowest BCUT2D eigenvalue weighted by atomic mass is 10.1. The molecular weight excluding hydrogens is 496 g/mol. The quantitative estimate of drug-likeness (QED) is 0.284. The number of benzene rings is 2. The molecule has 1 aliphatic heterocycles. The monoisotopic (exact) mass is 512 g/mol. The molecule has 2 heterocycles. The minimum Gasteiger partial charge on any atom is -0.465 e. The Morgan fingerprint density at radius 2 is 1.88 bits per heavy atom. The van der Waals surface area contributed by atoms with Crippen molar-refractivity contribution in [1.29, 1.82) is 0 Å². The summed E-state index contributed by atoms with van der Waals surface area (Å²) in [6.45, 7) is 1.86. The third-order valence-corrected chi connectivity index (χ3v) is 6.48. The molecule has 1 saturated heterocycles. The fourth-order valence-corrected chi connectivity index (χ4v) is 4.61. The number of hydrogen-bond acceptors (Lipinski definition) is 7. The minimum absolute atomic E-state index is 0.179. The Morgan fingerprint density at radius 1 is 1.15 bits per heavy atom. The lowest BCUT2D eigenvalue weighted by Gasteiger charge is -2.16. The van der Waals surface area contributed by atoms with E-state index in [1.54, 1.807) is 60.7 Å². The van der Waals surface area contributed by atoms with Gasteiger partial charge >= 0.3 is 5.97 Å². The fourth-order valence-electron chi connectivity index (χ4n) is 3.13. The van der Waals surface area contributed by atoms with E-state index in [1.807, 2.05) is 6.92 Å². The molecule has 1 aliphatic rings. The summed E-state index contributed by atoms with van der Waals surface area (Å²) in [4.78, 5) is 37.3. The van der Waals surface area contributed by atoms with Crippen molar-refractivity contribution in [2.24, 2.45) is 0 Å². The van der Waals surface area contributed by atoms with Crippen LogP contribution in [-0.2, 0) is 9.53 Å². The number of esters is 1. The van der Waals surface area contributed by atoms with Crippen LogP contribution in [0.4, 0.5) is 0 Å². The van der Waals surface area contributed by atoms with E-state index in [4.69, 9.17) is 33.0 Å². The van der Waals surface area contributed by atoms with Gasteiger partial charge in [0.15, 0.2) is 4.32 Å². The molecule has 0 unspecified atom stereocenters. The van der Waals surface area contributed by atoms with Crippen molar-refractivity contribution in [1.82, 2.24) is 10.4 Å². The molecule has 1 aromatic heterocycles. The highest BCUT2D eigenvalue weighted by atomic mass is 35.5. The number of carbonyl (C=O) groups is 3. The van der Waals surface area contributed by atoms with Crippen LogP contribution in [-0.4, -0.2) is 34.2 Å². The standard InChI is InChI=1S/C24H17ClN2O5S2/c1-13-3-9-17(18(25)11-13)21(28)26-27-22(29)20(34-24(27)33)12-16-8-10-19(32-16)14-4-6-15(7-5-14)23(30)31-2/h3-12H,1-2H3,(H,26,28)/b20-12+. The molecule has 0 radical (unpaired) electrons. The number of aryl methyl sites for hydroxylation is 1. The van der Waals surface area contributed by atoms with Crippen LogP contribution >= 0.6 is 35.6 Å². The van der Waals surface area contributed by atoms with Crippen molar-refractivity contribution in [3.63, 3.8) is 0 Å². The van der Waals surface area contributed by atoms with Crippen LogP contribution in [0.2, 0.25) is 5.02 Å². The summed E-state index contributed by atoms with van der Waals surface area (Å²) in [6.07, 6.45) is 1.55. The molecule has 0 spiro atoms. The van der Waals surface area contributed by atoms with E-state index in [-0.39, 0.29) is 14.9 Å². The second kappa shape index (κ2) is 9.84. The minimum atomic E-state index is -0.543. The second-order valence-electron chi connectivity index (χ2n) is 7.21. The summed E-state index contributed by atoms with van der Waals surface area (Å²) in [6, 6.07) is 15.2. The molecule has 0 bridgehead atoms.